The molecule has 19 heavy (non-hydrogen) atoms. The van der Waals surface area contributed by atoms with Gasteiger partial charge < -0.3 is 0 Å². The van der Waals surface area contributed by atoms with Crippen LogP contribution in [0.3, 0.4) is 0 Å². The van der Waals surface area contributed by atoms with Gasteiger partial charge in [-0.1, -0.05) is 44.4 Å². The number of unbranched alkanes of at least 4 members (excludes halogenated alkanes) is 2. The van der Waals surface area contributed by atoms with Gasteiger partial charge in [-0.2, -0.15) is 0 Å². The van der Waals surface area contributed by atoms with Crippen LogP contribution in [0.2, 0.25) is 5.02 Å². The lowest BCUT2D eigenvalue weighted by molar-refractivity contribution is 0.616. The molecule has 0 aliphatic carbocycles. The van der Waals surface area contributed by atoms with Gasteiger partial charge in [-0.05, 0) is 48.9 Å². The highest BCUT2D eigenvalue weighted by Crippen LogP contribution is 2.20. The molecule has 1 aromatic carbocycles. The largest absolute Gasteiger partial charge is 0.231 e. The number of hydrogen-bond donors (Lipinski definition) is 2. The van der Waals surface area contributed by atoms with Crippen LogP contribution in [-0.2, 0) is 23.7 Å². The number of halogens is 1. The molecule has 5 heteroatoms. The molecule has 0 fully saturated rings. The van der Waals surface area contributed by atoms with Crippen LogP contribution in [0.4, 0.5) is 0 Å². The van der Waals surface area contributed by atoms with Crippen molar-refractivity contribution in [1.82, 2.24) is 0 Å². The van der Waals surface area contributed by atoms with E-state index in [-0.39, 0.29) is 0 Å². The van der Waals surface area contributed by atoms with Crippen LogP contribution in [0.1, 0.15) is 50.7 Å². The van der Waals surface area contributed by atoms with Crippen molar-refractivity contribution in [2.24, 2.45) is 5.14 Å². The number of hydrogen-bond acceptors (Lipinski definition) is 2. The van der Waals surface area contributed by atoms with Crippen LogP contribution in [-0.4, -0.2) is 8.42 Å². The van der Waals surface area contributed by atoms with Gasteiger partial charge in [-0.15, -0.1) is 0 Å². The minimum atomic E-state index is -2.62. The fourth-order valence-corrected chi connectivity index (χ4v) is 2.00. The van der Waals surface area contributed by atoms with E-state index in [1.165, 1.54) is 49.7 Å². The molecular weight excluding hydrogens is 282 g/mol. The Morgan fingerprint density at radius 3 is 2.00 bits per heavy atom. The molecule has 0 spiro atoms. The molecule has 0 saturated carbocycles. The molecule has 0 heterocycles. The molecule has 1 aromatic rings. The number of thiol groups is 1. The molecule has 1 rings (SSSR count). The van der Waals surface area contributed by atoms with E-state index in [1.54, 1.807) is 0 Å². The first-order chi connectivity index (χ1) is 9.01. The van der Waals surface area contributed by atoms with Gasteiger partial charge in [0.2, 0.25) is 0 Å². The Labute approximate surface area is 123 Å². The second-order valence-corrected chi connectivity index (χ2v) is 5.41. The third-order valence-electron chi connectivity index (χ3n) is 2.77. The van der Waals surface area contributed by atoms with E-state index < -0.39 is 10.9 Å². The lowest BCUT2D eigenvalue weighted by Crippen LogP contribution is -1.94. The van der Waals surface area contributed by atoms with Gasteiger partial charge in [-0.25, -0.2) is 13.6 Å². The Hall–Kier alpha value is -0.580. The average molecular weight is 306 g/mol. The first-order valence-electron chi connectivity index (χ1n) is 6.67. The Kier molecular flexibility index (Phi) is 10.9. The van der Waals surface area contributed by atoms with Crippen LogP contribution < -0.4 is 5.14 Å². The van der Waals surface area contributed by atoms with Crippen LogP contribution in [0, 0.1) is 0 Å². The zero-order valence-electron chi connectivity index (χ0n) is 11.7. The van der Waals surface area contributed by atoms with Crippen LogP contribution in [0.15, 0.2) is 18.2 Å². The minimum Gasteiger partial charge on any atom is -0.231 e. The second-order valence-electron chi connectivity index (χ2n) is 4.41. The van der Waals surface area contributed by atoms with Crippen molar-refractivity contribution in [3.63, 3.8) is 0 Å². The lowest BCUT2D eigenvalue weighted by atomic mass is 9.98. The molecule has 2 N–H and O–H groups in total. The summed E-state index contributed by atoms with van der Waals surface area (Å²) in [6.07, 6.45) is 7.43. The quantitative estimate of drug-likeness (QED) is 0.790. The normalized spacial score (nSPS) is 10.2. The predicted octanol–water partition coefficient (Wildman–Crippen LogP) is 3.50. The van der Waals surface area contributed by atoms with E-state index in [0.717, 1.165) is 5.02 Å². The maximum absolute atomic E-state index is 8.81. The number of benzene rings is 1. The first-order valence-corrected chi connectivity index (χ1v) is 8.30. The Bertz CT molecular complexity index is 425. The molecule has 0 aliphatic rings. The zero-order valence-corrected chi connectivity index (χ0v) is 13.3. The summed E-state index contributed by atoms with van der Waals surface area (Å²) < 4.78 is 17.6. The summed E-state index contributed by atoms with van der Waals surface area (Å²) in [5.41, 5.74) is 2.95. The molecule has 0 aromatic heterocycles. The molecule has 3 nitrogen and oxygen atoms in total. The van der Waals surface area contributed by atoms with E-state index in [4.69, 9.17) is 20.0 Å². The molecule has 110 valence electrons. The van der Waals surface area contributed by atoms with Crippen LogP contribution in [0.25, 0.3) is 0 Å². The second kappa shape index (κ2) is 11.3. The van der Waals surface area contributed by atoms with E-state index in [1.807, 2.05) is 6.07 Å². The highest BCUT2D eigenvalue weighted by atomic mass is 35.5. The summed E-state index contributed by atoms with van der Waals surface area (Å²) in [7, 11) is -2.62. The zero-order chi connectivity index (χ0) is 14.7. The molecule has 0 aliphatic heterocycles. The smallest absolute Gasteiger partial charge is 0.198 e. The summed E-state index contributed by atoms with van der Waals surface area (Å²) in [6, 6.07) is 6.35. The SMILES string of the molecule is CCCCc1ccc(Cl)cc1CCCC.N[SH](=O)=O. The minimum absolute atomic E-state index is 0.876. The number of nitrogens with two attached hydrogens (primary N) is 1. The van der Waals surface area contributed by atoms with Crippen molar-refractivity contribution in [2.45, 2.75) is 52.4 Å². The van der Waals surface area contributed by atoms with E-state index >= 15 is 0 Å². The van der Waals surface area contributed by atoms with Gasteiger partial charge in [0.05, 0.1) is 0 Å². The van der Waals surface area contributed by atoms with E-state index in [9.17, 15) is 0 Å². The average Bonchev–Trinajstić information content (AvgIpc) is 2.34. The van der Waals surface area contributed by atoms with Gasteiger partial charge in [-0.3, -0.25) is 0 Å². The van der Waals surface area contributed by atoms with Crippen LogP contribution in [0.5, 0.6) is 0 Å². The molecule has 0 unspecified atom stereocenters. The summed E-state index contributed by atoms with van der Waals surface area (Å²) >= 11 is 6.03. The summed E-state index contributed by atoms with van der Waals surface area (Å²) in [5.74, 6) is 0. The number of rotatable bonds is 6. The summed E-state index contributed by atoms with van der Waals surface area (Å²) in [6.45, 7) is 4.47. The Balaban J connectivity index is 0.000000711. The highest BCUT2D eigenvalue weighted by Gasteiger charge is 2.02. The van der Waals surface area contributed by atoms with Crippen molar-refractivity contribution in [1.29, 1.82) is 0 Å². The van der Waals surface area contributed by atoms with Gasteiger partial charge >= 0.3 is 0 Å². The van der Waals surface area contributed by atoms with Gasteiger partial charge in [0.15, 0.2) is 10.9 Å². The molecule has 0 bridgehead atoms. The standard InChI is InChI=1S/C14H21Cl.H3NO2S/c1-3-5-7-12-9-10-14(15)11-13(12)8-6-4-2;1-4(2)3/h9-11H,3-8H2,1-2H3;4H,(H2,1,2,3). The molecular formula is C14H24ClNO2S. The van der Waals surface area contributed by atoms with Gasteiger partial charge in [0.1, 0.15) is 0 Å². The van der Waals surface area contributed by atoms with E-state index in [0.29, 0.717) is 0 Å². The summed E-state index contributed by atoms with van der Waals surface area (Å²) in [5, 5.41) is 4.94. The van der Waals surface area contributed by atoms with E-state index in [2.05, 4.69) is 31.1 Å². The highest BCUT2D eigenvalue weighted by molar-refractivity contribution is 7.69. The lowest BCUT2D eigenvalue weighted by Gasteiger charge is -2.09. The van der Waals surface area contributed by atoms with Crippen molar-refractivity contribution in [3.05, 3.63) is 34.3 Å². The van der Waals surface area contributed by atoms with Crippen molar-refractivity contribution >= 4 is 22.5 Å². The maximum atomic E-state index is 8.81. The fourth-order valence-electron chi connectivity index (χ4n) is 1.81. The maximum Gasteiger partial charge on any atom is 0.198 e. The number of aryl methyl sites for hydroxylation is 2. The van der Waals surface area contributed by atoms with Crippen molar-refractivity contribution in [3.8, 4) is 0 Å². The van der Waals surface area contributed by atoms with Crippen molar-refractivity contribution in [2.75, 3.05) is 0 Å². The van der Waals surface area contributed by atoms with Gasteiger partial charge in [0, 0.05) is 5.02 Å². The predicted molar refractivity (Wildman–Crippen MR) is 83.2 cm³/mol. The third-order valence-corrected chi connectivity index (χ3v) is 3.00. The summed E-state index contributed by atoms with van der Waals surface area (Å²) in [4.78, 5) is 0. The third kappa shape index (κ3) is 9.93. The van der Waals surface area contributed by atoms with Crippen molar-refractivity contribution < 1.29 is 8.42 Å². The molecule has 0 radical (unpaired) electrons. The molecule has 0 saturated heterocycles. The monoisotopic (exact) mass is 305 g/mol. The Morgan fingerprint density at radius 1 is 1.05 bits per heavy atom. The fraction of sp³-hybridized carbons (Fsp3) is 0.571. The topological polar surface area (TPSA) is 60.2 Å². The first kappa shape index (κ1) is 18.4. The molecule has 0 atom stereocenters. The molecule has 0 amide bonds. The van der Waals surface area contributed by atoms with Gasteiger partial charge in [0.25, 0.3) is 0 Å². The Morgan fingerprint density at radius 2 is 1.53 bits per heavy atom. The van der Waals surface area contributed by atoms with Crippen LogP contribution >= 0.6 is 11.6 Å².